The van der Waals surface area contributed by atoms with Crippen LogP contribution >= 0.6 is 0 Å². The first-order valence-electron chi connectivity index (χ1n) is 10.7. The Hall–Kier alpha value is -2.75. The Morgan fingerprint density at radius 3 is 2.33 bits per heavy atom. The largest absolute Gasteiger partial charge is 0.493 e. The molecule has 3 aromatic rings. The van der Waals surface area contributed by atoms with Crippen LogP contribution in [0.1, 0.15) is 75.4 Å². The van der Waals surface area contributed by atoms with Crippen molar-refractivity contribution in [2.24, 2.45) is 0 Å². The van der Waals surface area contributed by atoms with Gasteiger partial charge in [-0.3, -0.25) is 0 Å². The summed E-state index contributed by atoms with van der Waals surface area (Å²) >= 11 is 0. The number of rotatable bonds is 5. The van der Waals surface area contributed by atoms with E-state index in [1.165, 1.54) is 11.1 Å². The van der Waals surface area contributed by atoms with E-state index in [-0.39, 0.29) is 16.4 Å². The second kappa shape index (κ2) is 7.19. The second-order valence-corrected chi connectivity index (χ2v) is 9.68. The number of carbonyl (C=O) groups is 1. The lowest BCUT2D eigenvalue weighted by Gasteiger charge is -2.42. The van der Waals surface area contributed by atoms with Gasteiger partial charge in [-0.05, 0) is 77.6 Å². The maximum absolute atomic E-state index is 11.3. The average molecular weight is 407 g/mol. The molecule has 1 heterocycles. The van der Waals surface area contributed by atoms with Crippen molar-refractivity contribution >= 4 is 16.9 Å². The van der Waals surface area contributed by atoms with Crippen LogP contribution in [-0.2, 0) is 10.8 Å². The highest BCUT2D eigenvalue weighted by Crippen LogP contribution is 2.49. The number of hydrogen-bond acceptors (Lipinski definition) is 3. The molecule has 4 nitrogen and oxygen atoms in total. The van der Waals surface area contributed by atoms with Crippen LogP contribution in [0.25, 0.3) is 22.3 Å². The Labute approximate surface area is 177 Å². The lowest BCUT2D eigenvalue weighted by Crippen LogP contribution is -2.33. The molecule has 4 rings (SSSR count). The van der Waals surface area contributed by atoms with E-state index in [1.807, 2.05) is 6.07 Å². The van der Waals surface area contributed by atoms with Crippen LogP contribution in [0.3, 0.4) is 0 Å². The first kappa shape index (κ1) is 20.5. The maximum atomic E-state index is 11.3. The minimum Gasteiger partial charge on any atom is -0.493 e. The van der Waals surface area contributed by atoms with Gasteiger partial charge in [0.2, 0.25) is 0 Å². The molecule has 0 bridgehead atoms. The SMILES string of the molecule is CCCOc1cc2c(cc1-c1cc3cc(C(=O)O)ccc3o1)C(C)(C)CCC2(C)C. The molecule has 4 heteroatoms. The zero-order valence-electron chi connectivity index (χ0n) is 18.5. The Bertz CT molecular complexity index is 1120. The van der Waals surface area contributed by atoms with E-state index in [0.717, 1.165) is 36.0 Å². The monoisotopic (exact) mass is 406 g/mol. The van der Waals surface area contributed by atoms with Gasteiger partial charge >= 0.3 is 5.97 Å². The van der Waals surface area contributed by atoms with Crippen LogP contribution < -0.4 is 4.74 Å². The molecule has 0 radical (unpaired) electrons. The fourth-order valence-electron chi connectivity index (χ4n) is 4.43. The Morgan fingerprint density at radius 2 is 1.70 bits per heavy atom. The normalized spacial score (nSPS) is 17.0. The molecule has 0 aliphatic heterocycles. The van der Waals surface area contributed by atoms with E-state index >= 15 is 0 Å². The summed E-state index contributed by atoms with van der Waals surface area (Å²) in [5, 5.41) is 10.1. The average Bonchev–Trinajstić information content (AvgIpc) is 3.12. The highest BCUT2D eigenvalue weighted by molar-refractivity contribution is 5.94. The van der Waals surface area contributed by atoms with Gasteiger partial charge in [-0.15, -0.1) is 0 Å². The fourth-order valence-corrected chi connectivity index (χ4v) is 4.43. The Kier molecular flexibility index (Phi) is 4.92. The van der Waals surface area contributed by atoms with E-state index in [1.54, 1.807) is 18.2 Å². The number of fused-ring (bicyclic) bond motifs is 2. The van der Waals surface area contributed by atoms with Crippen LogP contribution in [0.15, 0.2) is 40.8 Å². The molecule has 1 aromatic heterocycles. The summed E-state index contributed by atoms with van der Waals surface area (Å²) in [4.78, 5) is 11.3. The van der Waals surface area contributed by atoms with E-state index in [0.29, 0.717) is 18.0 Å². The topological polar surface area (TPSA) is 59.7 Å². The molecule has 0 unspecified atom stereocenters. The first-order chi connectivity index (χ1) is 14.1. The molecule has 0 saturated heterocycles. The van der Waals surface area contributed by atoms with Crippen molar-refractivity contribution in [2.75, 3.05) is 6.61 Å². The van der Waals surface area contributed by atoms with Gasteiger partial charge in [0.1, 0.15) is 17.1 Å². The van der Waals surface area contributed by atoms with Crippen molar-refractivity contribution in [3.63, 3.8) is 0 Å². The lowest BCUT2D eigenvalue weighted by atomic mass is 9.63. The van der Waals surface area contributed by atoms with Gasteiger partial charge < -0.3 is 14.3 Å². The first-order valence-corrected chi connectivity index (χ1v) is 10.7. The Balaban J connectivity index is 1.92. The summed E-state index contributed by atoms with van der Waals surface area (Å²) in [6, 6.07) is 11.3. The summed E-state index contributed by atoms with van der Waals surface area (Å²) < 4.78 is 12.3. The van der Waals surface area contributed by atoms with Crippen LogP contribution in [-0.4, -0.2) is 17.7 Å². The zero-order chi connectivity index (χ0) is 21.7. The third-order valence-corrected chi connectivity index (χ3v) is 6.44. The third kappa shape index (κ3) is 3.49. The second-order valence-electron chi connectivity index (χ2n) is 9.68. The van der Waals surface area contributed by atoms with Gasteiger partial charge in [-0.1, -0.05) is 34.6 Å². The third-order valence-electron chi connectivity index (χ3n) is 6.44. The van der Waals surface area contributed by atoms with Gasteiger partial charge in [-0.25, -0.2) is 4.79 Å². The zero-order valence-corrected chi connectivity index (χ0v) is 18.5. The molecule has 30 heavy (non-hydrogen) atoms. The van der Waals surface area contributed by atoms with Crippen LogP contribution in [0, 0.1) is 0 Å². The quantitative estimate of drug-likeness (QED) is 0.499. The maximum Gasteiger partial charge on any atom is 0.335 e. The fraction of sp³-hybridized carbons (Fsp3) is 0.423. The minimum atomic E-state index is -0.940. The number of carboxylic acid groups (broad SMARTS) is 1. The number of carboxylic acids is 1. The molecular weight excluding hydrogens is 376 g/mol. The highest BCUT2D eigenvalue weighted by Gasteiger charge is 2.38. The number of benzene rings is 2. The molecule has 1 aliphatic rings. The van der Waals surface area contributed by atoms with E-state index in [4.69, 9.17) is 9.15 Å². The van der Waals surface area contributed by atoms with Crippen molar-refractivity contribution in [1.82, 2.24) is 0 Å². The standard InChI is InChI=1S/C26H30O4/c1-6-11-29-22-15-20-19(25(2,3)9-10-26(20,4)5)14-18(22)23-13-17-12-16(24(27)28)7-8-21(17)30-23/h7-8,12-15H,6,9-11H2,1-5H3,(H,27,28). The predicted molar refractivity (Wildman–Crippen MR) is 120 cm³/mol. The molecule has 158 valence electrons. The molecule has 0 amide bonds. The van der Waals surface area contributed by atoms with Gasteiger partial charge in [-0.2, -0.15) is 0 Å². The summed E-state index contributed by atoms with van der Waals surface area (Å²) in [5.41, 5.74) is 4.71. The van der Waals surface area contributed by atoms with Crippen molar-refractivity contribution in [2.45, 2.75) is 64.7 Å². The molecule has 0 spiro atoms. The number of ether oxygens (including phenoxy) is 1. The molecule has 0 atom stereocenters. The smallest absolute Gasteiger partial charge is 0.335 e. The van der Waals surface area contributed by atoms with Crippen LogP contribution in [0.2, 0.25) is 0 Å². The summed E-state index contributed by atoms with van der Waals surface area (Å²) in [6.07, 6.45) is 3.19. The number of hydrogen-bond donors (Lipinski definition) is 1. The van der Waals surface area contributed by atoms with Crippen LogP contribution in [0.4, 0.5) is 0 Å². The van der Waals surface area contributed by atoms with Gasteiger partial charge in [0, 0.05) is 5.39 Å². The predicted octanol–water partition coefficient (Wildman–Crippen LogP) is 6.94. The number of furan rings is 1. The summed E-state index contributed by atoms with van der Waals surface area (Å²) in [6.45, 7) is 11.9. The molecule has 1 N–H and O–H groups in total. The minimum absolute atomic E-state index is 0.0748. The highest BCUT2D eigenvalue weighted by atomic mass is 16.5. The van der Waals surface area contributed by atoms with Crippen LogP contribution in [0.5, 0.6) is 5.75 Å². The molecular formula is C26H30O4. The van der Waals surface area contributed by atoms with E-state index in [9.17, 15) is 9.90 Å². The van der Waals surface area contributed by atoms with E-state index in [2.05, 4.69) is 46.8 Å². The molecule has 0 saturated carbocycles. The van der Waals surface area contributed by atoms with E-state index < -0.39 is 5.97 Å². The Morgan fingerprint density at radius 1 is 1.03 bits per heavy atom. The van der Waals surface area contributed by atoms with Crippen molar-refractivity contribution < 1.29 is 19.1 Å². The van der Waals surface area contributed by atoms with Crippen molar-refractivity contribution in [3.05, 3.63) is 53.1 Å². The van der Waals surface area contributed by atoms with Gasteiger partial charge in [0.25, 0.3) is 0 Å². The van der Waals surface area contributed by atoms with Gasteiger partial charge in [0.15, 0.2) is 0 Å². The van der Waals surface area contributed by atoms with Gasteiger partial charge in [0.05, 0.1) is 17.7 Å². The summed E-state index contributed by atoms with van der Waals surface area (Å²) in [7, 11) is 0. The van der Waals surface area contributed by atoms with Crippen molar-refractivity contribution in [3.8, 4) is 17.1 Å². The summed E-state index contributed by atoms with van der Waals surface area (Å²) in [5.74, 6) is 0.601. The number of aromatic carboxylic acids is 1. The molecule has 1 aliphatic carbocycles. The molecule has 2 aromatic carbocycles. The molecule has 0 fully saturated rings. The lowest BCUT2D eigenvalue weighted by molar-refractivity contribution is 0.0697. The van der Waals surface area contributed by atoms with Crippen molar-refractivity contribution in [1.29, 1.82) is 0 Å².